The molecule has 0 heterocycles. The lowest BCUT2D eigenvalue weighted by Gasteiger charge is -2.23. The van der Waals surface area contributed by atoms with Crippen LogP contribution in [0.1, 0.15) is 40.0 Å². The molecule has 1 rings (SSSR count). The van der Waals surface area contributed by atoms with Crippen LogP contribution in [0.2, 0.25) is 0 Å². The Kier molecular flexibility index (Phi) is 4.37. The third-order valence-electron chi connectivity index (χ3n) is 3.67. The number of amides is 1. The van der Waals surface area contributed by atoms with E-state index >= 15 is 0 Å². The van der Waals surface area contributed by atoms with Crippen LogP contribution in [0.5, 0.6) is 0 Å². The summed E-state index contributed by atoms with van der Waals surface area (Å²) in [5.74, 6) is 1.08. The van der Waals surface area contributed by atoms with Crippen molar-refractivity contribution >= 4 is 11.7 Å². The number of nitrogens with one attached hydrogen (secondary N) is 1. The summed E-state index contributed by atoms with van der Waals surface area (Å²) in [4.78, 5) is 11.9. The van der Waals surface area contributed by atoms with E-state index in [9.17, 15) is 4.79 Å². The Morgan fingerprint density at radius 1 is 1.53 bits per heavy atom. The van der Waals surface area contributed by atoms with Crippen molar-refractivity contribution in [1.29, 1.82) is 0 Å². The van der Waals surface area contributed by atoms with Crippen LogP contribution in [0.3, 0.4) is 0 Å². The molecular formula is C12H23N3O2. The highest BCUT2D eigenvalue weighted by Crippen LogP contribution is 2.29. The number of nitrogens with two attached hydrogens (primary N) is 1. The van der Waals surface area contributed by atoms with E-state index in [1.54, 1.807) is 13.8 Å². The van der Waals surface area contributed by atoms with Gasteiger partial charge in [-0.05, 0) is 38.5 Å². The summed E-state index contributed by atoms with van der Waals surface area (Å²) >= 11 is 0. The van der Waals surface area contributed by atoms with E-state index < -0.39 is 5.41 Å². The maximum absolute atomic E-state index is 11.9. The Morgan fingerprint density at radius 2 is 2.18 bits per heavy atom. The Bertz CT molecular complexity index is 313. The Morgan fingerprint density at radius 3 is 2.65 bits per heavy atom. The molecule has 0 radical (unpaired) electrons. The second-order valence-corrected chi connectivity index (χ2v) is 5.60. The molecule has 0 aromatic carbocycles. The molecule has 0 spiro atoms. The highest BCUT2D eigenvalue weighted by Gasteiger charge is 2.33. The van der Waals surface area contributed by atoms with Crippen molar-refractivity contribution in [3.05, 3.63) is 0 Å². The second kappa shape index (κ2) is 5.38. The van der Waals surface area contributed by atoms with Crippen molar-refractivity contribution in [2.24, 2.45) is 28.1 Å². The lowest BCUT2D eigenvalue weighted by molar-refractivity contribution is -0.126. The van der Waals surface area contributed by atoms with E-state index in [0.29, 0.717) is 12.5 Å². The number of hydrogen-bond acceptors (Lipinski definition) is 3. The second-order valence-electron chi connectivity index (χ2n) is 5.60. The van der Waals surface area contributed by atoms with Crippen LogP contribution in [0.25, 0.3) is 0 Å². The summed E-state index contributed by atoms with van der Waals surface area (Å²) in [6.07, 6.45) is 3.58. The van der Waals surface area contributed by atoms with Gasteiger partial charge in [0.25, 0.3) is 0 Å². The van der Waals surface area contributed by atoms with E-state index in [2.05, 4.69) is 17.4 Å². The van der Waals surface area contributed by atoms with Crippen molar-refractivity contribution in [3.63, 3.8) is 0 Å². The molecule has 2 unspecified atom stereocenters. The number of hydrogen-bond donors (Lipinski definition) is 3. The van der Waals surface area contributed by atoms with Gasteiger partial charge in [-0.25, -0.2) is 0 Å². The molecule has 98 valence electrons. The fourth-order valence-corrected chi connectivity index (χ4v) is 2.21. The highest BCUT2D eigenvalue weighted by atomic mass is 16.4. The topological polar surface area (TPSA) is 87.7 Å². The molecule has 1 saturated carbocycles. The molecule has 0 bridgehead atoms. The third kappa shape index (κ3) is 3.35. The number of carbonyl (C=O) groups is 1. The zero-order valence-electron chi connectivity index (χ0n) is 10.9. The Balaban J connectivity index is 2.44. The Hall–Kier alpha value is -1.26. The van der Waals surface area contributed by atoms with Gasteiger partial charge >= 0.3 is 0 Å². The smallest absolute Gasteiger partial charge is 0.233 e. The SMILES string of the molecule is CC1CCC(CNC(=O)C(C)(C)C(N)=NO)C1. The average molecular weight is 241 g/mol. The minimum atomic E-state index is -0.959. The maximum Gasteiger partial charge on any atom is 0.233 e. The molecule has 0 aliphatic heterocycles. The molecule has 0 saturated heterocycles. The van der Waals surface area contributed by atoms with Gasteiger partial charge in [0.2, 0.25) is 5.91 Å². The number of oxime groups is 1. The predicted molar refractivity (Wildman–Crippen MR) is 66.7 cm³/mol. The van der Waals surface area contributed by atoms with Crippen LogP contribution in [0, 0.1) is 17.3 Å². The molecule has 1 aliphatic carbocycles. The van der Waals surface area contributed by atoms with Crippen molar-refractivity contribution in [2.75, 3.05) is 6.54 Å². The van der Waals surface area contributed by atoms with Crippen molar-refractivity contribution in [3.8, 4) is 0 Å². The molecule has 1 aliphatic rings. The first-order valence-corrected chi connectivity index (χ1v) is 6.14. The number of amidine groups is 1. The van der Waals surface area contributed by atoms with Gasteiger partial charge in [-0.1, -0.05) is 18.5 Å². The fraction of sp³-hybridized carbons (Fsp3) is 0.833. The quantitative estimate of drug-likeness (QED) is 0.300. The van der Waals surface area contributed by atoms with Gasteiger partial charge in [0.05, 0.1) is 0 Å². The minimum absolute atomic E-state index is 0.0604. The maximum atomic E-state index is 11.9. The monoisotopic (exact) mass is 241 g/mol. The normalized spacial score (nSPS) is 25.9. The summed E-state index contributed by atoms with van der Waals surface area (Å²) in [7, 11) is 0. The fourth-order valence-electron chi connectivity index (χ4n) is 2.21. The van der Waals surface area contributed by atoms with Crippen molar-refractivity contribution in [1.82, 2.24) is 5.32 Å². The standard InChI is InChI=1S/C12H23N3O2/c1-8-4-5-9(6-8)7-14-11(16)12(2,3)10(13)15-17/h8-9,17H,4-7H2,1-3H3,(H2,13,15)(H,14,16). The zero-order valence-corrected chi connectivity index (χ0v) is 10.9. The average Bonchev–Trinajstić information content (AvgIpc) is 2.70. The Labute approximate surface area is 102 Å². The zero-order chi connectivity index (χ0) is 13.1. The minimum Gasteiger partial charge on any atom is -0.409 e. The lowest BCUT2D eigenvalue weighted by Crippen LogP contribution is -2.46. The molecule has 4 N–H and O–H groups in total. The van der Waals surface area contributed by atoms with Crippen LogP contribution in [0.15, 0.2) is 5.16 Å². The van der Waals surface area contributed by atoms with E-state index in [-0.39, 0.29) is 11.7 Å². The molecular weight excluding hydrogens is 218 g/mol. The van der Waals surface area contributed by atoms with Crippen LogP contribution in [0.4, 0.5) is 0 Å². The first kappa shape index (κ1) is 13.8. The number of rotatable bonds is 4. The van der Waals surface area contributed by atoms with Gasteiger partial charge in [0.1, 0.15) is 5.41 Å². The van der Waals surface area contributed by atoms with E-state index in [1.807, 2.05) is 0 Å². The summed E-state index contributed by atoms with van der Waals surface area (Å²) in [5.41, 5.74) is 4.54. The summed E-state index contributed by atoms with van der Waals surface area (Å²) < 4.78 is 0. The molecule has 2 atom stereocenters. The molecule has 5 nitrogen and oxygen atoms in total. The van der Waals surface area contributed by atoms with E-state index in [1.165, 1.54) is 19.3 Å². The lowest BCUT2D eigenvalue weighted by atomic mass is 9.90. The van der Waals surface area contributed by atoms with E-state index in [4.69, 9.17) is 10.9 Å². The van der Waals surface area contributed by atoms with E-state index in [0.717, 1.165) is 5.92 Å². The molecule has 1 fully saturated rings. The van der Waals surface area contributed by atoms with Crippen LogP contribution in [-0.4, -0.2) is 23.5 Å². The van der Waals surface area contributed by atoms with Crippen LogP contribution < -0.4 is 11.1 Å². The van der Waals surface area contributed by atoms with Gasteiger partial charge in [-0.3, -0.25) is 4.79 Å². The highest BCUT2D eigenvalue weighted by molar-refractivity contribution is 6.05. The molecule has 0 aromatic heterocycles. The summed E-state index contributed by atoms with van der Waals surface area (Å²) in [6, 6.07) is 0. The van der Waals surface area contributed by atoms with Crippen molar-refractivity contribution < 1.29 is 10.0 Å². The largest absolute Gasteiger partial charge is 0.409 e. The first-order valence-electron chi connectivity index (χ1n) is 6.14. The number of nitrogens with zero attached hydrogens (tertiary/aromatic N) is 1. The van der Waals surface area contributed by atoms with Gasteiger partial charge in [0.15, 0.2) is 5.84 Å². The van der Waals surface area contributed by atoms with Gasteiger partial charge in [-0.2, -0.15) is 0 Å². The summed E-state index contributed by atoms with van der Waals surface area (Å²) in [6.45, 7) is 6.22. The molecule has 0 aromatic rings. The molecule has 5 heteroatoms. The molecule has 1 amide bonds. The summed E-state index contributed by atoms with van der Waals surface area (Å²) in [5, 5.41) is 14.4. The van der Waals surface area contributed by atoms with Crippen molar-refractivity contribution in [2.45, 2.75) is 40.0 Å². The predicted octanol–water partition coefficient (Wildman–Crippen LogP) is 1.31. The number of carbonyl (C=O) groups excluding carboxylic acids is 1. The van der Waals surface area contributed by atoms with Gasteiger partial charge < -0.3 is 16.3 Å². The molecule has 17 heavy (non-hydrogen) atoms. The third-order valence-corrected chi connectivity index (χ3v) is 3.67. The first-order chi connectivity index (χ1) is 7.87. The van der Waals surface area contributed by atoms with Crippen LogP contribution >= 0.6 is 0 Å². The van der Waals surface area contributed by atoms with Crippen LogP contribution in [-0.2, 0) is 4.79 Å². The van der Waals surface area contributed by atoms with Gasteiger partial charge in [0, 0.05) is 6.54 Å². The van der Waals surface area contributed by atoms with Gasteiger partial charge in [-0.15, -0.1) is 0 Å².